The number of aryl methyl sites for hydroxylation is 1. The molecule has 1 atom stereocenters. The Kier molecular flexibility index (Phi) is 3.64. The third-order valence-corrected chi connectivity index (χ3v) is 5.17. The first-order valence-electron chi connectivity index (χ1n) is 9.19. The molecule has 6 heteroatoms. The highest BCUT2D eigenvalue weighted by atomic mass is 15.3. The van der Waals surface area contributed by atoms with Crippen LogP contribution in [-0.4, -0.2) is 38.7 Å². The van der Waals surface area contributed by atoms with Crippen LogP contribution in [0, 0.1) is 6.92 Å². The molecule has 0 amide bonds. The van der Waals surface area contributed by atoms with Gasteiger partial charge in [-0.3, -0.25) is 0 Å². The van der Waals surface area contributed by atoms with E-state index in [1.165, 1.54) is 11.8 Å². The van der Waals surface area contributed by atoms with Crippen molar-refractivity contribution in [1.82, 2.24) is 24.9 Å². The van der Waals surface area contributed by atoms with Crippen LogP contribution in [0.5, 0.6) is 0 Å². The Balaban J connectivity index is 1.66. The summed E-state index contributed by atoms with van der Waals surface area (Å²) in [5.41, 5.74) is 5.30. The Labute approximate surface area is 151 Å². The summed E-state index contributed by atoms with van der Waals surface area (Å²) in [4.78, 5) is 7.99. The molecule has 1 unspecified atom stereocenters. The van der Waals surface area contributed by atoms with Crippen LogP contribution in [0.25, 0.3) is 27.7 Å². The van der Waals surface area contributed by atoms with Gasteiger partial charge < -0.3 is 15.6 Å². The predicted molar refractivity (Wildman–Crippen MR) is 105 cm³/mol. The van der Waals surface area contributed by atoms with Crippen LogP contribution in [0.2, 0.25) is 0 Å². The van der Waals surface area contributed by atoms with Crippen LogP contribution in [-0.2, 0) is 0 Å². The first-order valence-corrected chi connectivity index (χ1v) is 9.19. The third kappa shape index (κ3) is 2.54. The summed E-state index contributed by atoms with van der Waals surface area (Å²) in [6.07, 6.45) is 6.31. The van der Waals surface area contributed by atoms with Crippen LogP contribution < -0.4 is 10.6 Å². The largest absolute Gasteiger partial charge is 0.365 e. The highest BCUT2D eigenvalue weighted by Gasteiger charge is 2.17. The number of fused-ring (bicyclic) bond motifs is 2. The number of para-hydroxylation sites is 1. The molecule has 1 aliphatic rings. The number of aromatic amines is 1. The van der Waals surface area contributed by atoms with Crippen molar-refractivity contribution in [3.8, 4) is 11.1 Å². The highest BCUT2D eigenvalue weighted by Crippen LogP contribution is 2.32. The minimum atomic E-state index is 0.411. The van der Waals surface area contributed by atoms with E-state index < -0.39 is 0 Å². The Morgan fingerprint density at radius 3 is 3.04 bits per heavy atom. The molecule has 4 heterocycles. The first-order chi connectivity index (χ1) is 12.8. The van der Waals surface area contributed by atoms with E-state index in [9.17, 15) is 0 Å². The van der Waals surface area contributed by atoms with Gasteiger partial charge in [0.1, 0.15) is 5.82 Å². The van der Waals surface area contributed by atoms with E-state index in [-0.39, 0.29) is 0 Å². The lowest BCUT2D eigenvalue weighted by Crippen LogP contribution is -2.38. The number of H-pyrrole nitrogens is 1. The Morgan fingerprint density at radius 2 is 2.15 bits per heavy atom. The number of piperidine rings is 1. The number of anilines is 1. The Bertz CT molecular complexity index is 1070. The maximum absolute atomic E-state index is 4.78. The van der Waals surface area contributed by atoms with Gasteiger partial charge >= 0.3 is 0 Å². The smallest absolute Gasteiger partial charge is 0.161 e. The number of aromatic nitrogens is 4. The molecule has 5 rings (SSSR count). The van der Waals surface area contributed by atoms with Crippen molar-refractivity contribution in [1.29, 1.82) is 0 Å². The van der Waals surface area contributed by atoms with Gasteiger partial charge in [-0.15, -0.1) is 5.10 Å². The van der Waals surface area contributed by atoms with Crippen LogP contribution >= 0.6 is 0 Å². The van der Waals surface area contributed by atoms with Gasteiger partial charge in [-0.2, -0.15) is 0 Å². The lowest BCUT2D eigenvalue weighted by atomic mass is 10.1. The molecule has 1 saturated heterocycles. The lowest BCUT2D eigenvalue weighted by molar-refractivity contribution is 0.478. The van der Waals surface area contributed by atoms with Crippen LogP contribution in [0.1, 0.15) is 18.5 Å². The van der Waals surface area contributed by atoms with Gasteiger partial charge in [-0.05, 0) is 38.4 Å². The molecule has 0 spiro atoms. The second-order valence-corrected chi connectivity index (χ2v) is 7.01. The molecule has 1 fully saturated rings. The molecule has 3 N–H and O–H groups in total. The Hall–Kier alpha value is -2.86. The van der Waals surface area contributed by atoms with E-state index in [1.807, 2.05) is 23.7 Å². The van der Waals surface area contributed by atoms with E-state index in [4.69, 9.17) is 5.10 Å². The molecule has 1 aromatic carbocycles. The van der Waals surface area contributed by atoms with Crippen molar-refractivity contribution in [2.24, 2.45) is 0 Å². The number of nitrogens with one attached hydrogen (secondary N) is 3. The predicted octanol–water partition coefficient (Wildman–Crippen LogP) is 3.35. The van der Waals surface area contributed by atoms with E-state index in [0.717, 1.165) is 53.3 Å². The zero-order valence-corrected chi connectivity index (χ0v) is 14.8. The average molecular weight is 346 g/mol. The summed E-state index contributed by atoms with van der Waals surface area (Å²) in [6.45, 7) is 4.12. The van der Waals surface area contributed by atoms with E-state index in [1.54, 1.807) is 0 Å². The molecule has 1 aliphatic heterocycles. The van der Waals surface area contributed by atoms with Crippen LogP contribution in [0.15, 0.2) is 42.7 Å². The summed E-state index contributed by atoms with van der Waals surface area (Å²) in [5, 5.41) is 13.0. The summed E-state index contributed by atoms with van der Waals surface area (Å²) in [5.74, 6) is 0.896. The van der Waals surface area contributed by atoms with Crippen molar-refractivity contribution in [2.75, 3.05) is 18.4 Å². The summed E-state index contributed by atoms with van der Waals surface area (Å²) in [7, 11) is 0. The topological polar surface area (TPSA) is 70.0 Å². The second-order valence-electron chi connectivity index (χ2n) is 7.01. The van der Waals surface area contributed by atoms with Crippen LogP contribution in [0.3, 0.4) is 0 Å². The fourth-order valence-electron chi connectivity index (χ4n) is 3.83. The molecule has 3 aromatic heterocycles. The SMILES string of the molecule is Cc1cnc2c(-c3c[nH]c4ccccc34)cc(NC3CCCNC3)nn12. The van der Waals surface area contributed by atoms with Crippen LogP contribution in [0.4, 0.5) is 5.82 Å². The zero-order valence-electron chi connectivity index (χ0n) is 14.8. The third-order valence-electron chi connectivity index (χ3n) is 5.17. The van der Waals surface area contributed by atoms with E-state index in [0.29, 0.717) is 6.04 Å². The standard InChI is InChI=1S/C20H22N6/c1-13-10-23-20-16(17-12-22-18-7-3-2-6-15(17)18)9-19(25-26(13)20)24-14-5-4-8-21-11-14/h2-3,6-7,9-10,12,14,21-22H,4-5,8,11H2,1H3,(H,24,25). The summed E-state index contributed by atoms with van der Waals surface area (Å²) in [6, 6.07) is 10.9. The van der Waals surface area contributed by atoms with Gasteiger partial charge in [-0.1, -0.05) is 18.2 Å². The average Bonchev–Trinajstić information content (AvgIpc) is 3.26. The number of imidazole rings is 1. The normalized spacial score (nSPS) is 17.8. The monoisotopic (exact) mass is 346 g/mol. The summed E-state index contributed by atoms with van der Waals surface area (Å²) < 4.78 is 1.94. The van der Waals surface area contributed by atoms with Crippen molar-refractivity contribution < 1.29 is 0 Å². The summed E-state index contributed by atoms with van der Waals surface area (Å²) >= 11 is 0. The maximum Gasteiger partial charge on any atom is 0.161 e. The van der Waals surface area contributed by atoms with E-state index in [2.05, 4.69) is 51.1 Å². The van der Waals surface area contributed by atoms with E-state index >= 15 is 0 Å². The number of hydrogen-bond donors (Lipinski definition) is 3. The minimum Gasteiger partial charge on any atom is -0.365 e. The van der Waals surface area contributed by atoms with Gasteiger partial charge in [0.2, 0.25) is 0 Å². The number of benzene rings is 1. The molecular formula is C20H22N6. The number of rotatable bonds is 3. The van der Waals surface area contributed by atoms with Crippen molar-refractivity contribution in [3.63, 3.8) is 0 Å². The van der Waals surface area contributed by atoms with Crippen molar-refractivity contribution in [3.05, 3.63) is 48.4 Å². The molecule has 0 bridgehead atoms. The molecule has 0 aliphatic carbocycles. The molecule has 4 aromatic rings. The van der Waals surface area contributed by atoms with Crippen molar-refractivity contribution in [2.45, 2.75) is 25.8 Å². The van der Waals surface area contributed by atoms with Gasteiger partial charge in [-0.25, -0.2) is 9.50 Å². The van der Waals surface area contributed by atoms with Gasteiger partial charge in [0.05, 0.1) is 11.9 Å². The first kappa shape index (κ1) is 15.4. The minimum absolute atomic E-state index is 0.411. The zero-order chi connectivity index (χ0) is 17.5. The maximum atomic E-state index is 4.78. The number of hydrogen-bond acceptors (Lipinski definition) is 4. The fourth-order valence-corrected chi connectivity index (χ4v) is 3.83. The lowest BCUT2D eigenvalue weighted by Gasteiger charge is -2.24. The second kappa shape index (κ2) is 6.14. The van der Waals surface area contributed by atoms with Gasteiger partial charge in [0.15, 0.2) is 5.65 Å². The highest BCUT2D eigenvalue weighted by molar-refractivity contribution is 5.99. The molecular weight excluding hydrogens is 324 g/mol. The molecule has 0 saturated carbocycles. The van der Waals surface area contributed by atoms with Crippen molar-refractivity contribution >= 4 is 22.4 Å². The quantitative estimate of drug-likeness (QED) is 0.532. The van der Waals surface area contributed by atoms with Gasteiger partial charge in [0, 0.05) is 40.8 Å². The Morgan fingerprint density at radius 1 is 1.23 bits per heavy atom. The molecule has 6 nitrogen and oxygen atoms in total. The molecule has 26 heavy (non-hydrogen) atoms. The number of nitrogens with zero attached hydrogens (tertiary/aromatic N) is 3. The molecule has 0 radical (unpaired) electrons. The van der Waals surface area contributed by atoms with Gasteiger partial charge in [0.25, 0.3) is 0 Å². The fraction of sp³-hybridized carbons (Fsp3) is 0.300. The molecule has 132 valence electrons.